The maximum absolute atomic E-state index is 12.5. The second-order valence-electron chi connectivity index (χ2n) is 6.31. The van der Waals surface area contributed by atoms with Crippen molar-refractivity contribution in [1.29, 1.82) is 0 Å². The Morgan fingerprint density at radius 1 is 1.16 bits per heavy atom. The number of aromatic nitrogens is 1. The zero-order valence-corrected chi connectivity index (χ0v) is 15.1. The van der Waals surface area contributed by atoms with E-state index in [9.17, 15) is 4.79 Å². The van der Waals surface area contributed by atoms with Gasteiger partial charge in [0, 0.05) is 49.6 Å². The molecule has 1 aromatic carbocycles. The van der Waals surface area contributed by atoms with Gasteiger partial charge in [0.15, 0.2) is 0 Å². The number of carbonyl (C=O) groups is 1. The first-order chi connectivity index (χ1) is 12.1. The standard InChI is InChI=1S/C19H23ClN4O/c1-15(19(25)22-17-7-5-16(20)6-8-17)24-12-10-23(11-13-24)14-18-4-2-3-9-21-18/h2-9,15H,10-14H2,1H3,(H,22,25). The van der Waals surface area contributed by atoms with Gasteiger partial charge in [-0.1, -0.05) is 17.7 Å². The van der Waals surface area contributed by atoms with Gasteiger partial charge in [0.05, 0.1) is 11.7 Å². The molecule has 1 atom stereocenters. The van der Waals surface area contributed by atoms with E-state index in [1.807, 2.05) is 37.4 Å². The lowest BCUT2D eigenvalue weighted by atomic mass is 10.2. The van der Waals surface area contributed by atoms with E-state index in [4.69, 9.17) is 11.6 Å². The first-order valence-electron chi connectivity index (χ1n) is 8.54. The van der Waals surface area contributed by atoms with Crippen molar-refractivity contribution in [3.05, 3.63) is 59.4 Å². The smallest absolute Gasteiger partial charge is 0.241 e. The van der Waals surface area contributed by atoms with E-state index in [2.05, 4.69) is 26.2 Å². The highest BCUT2D eigenvalue weighted by atomic mass is 35.5. The minimum atomic E-state index is -0.160. The number of amides is 1. The van der Waals surface area contributed by atoms with Crippen LogP contribution in [0, 0.1) is 0 Å². The van der Waals surface area contributed by atoms with Gasteiger partial charge in [-0.25, -0.2) is 0 Å². The summed E-state index contributed by atoms with van der Waals surface area (Å²) >= 11 is 5.87. The topological polar surface area (TPSA) is 48.5 Å². The number of benzene rings is 1. The molecule has 0 saturated carbocycles. The molecule has 0 bridgehead atoms. The summed E-state index contributed by atoms with van der Waals surface area (Å²) in [5.41, 5.74) is 1.86. The fraction of sp³-hybridized carbons (Fsp3) is 0.368. The Hall–Kier alpha value is -1.95. The van der Waals surface area contributed by atoms with Crippen molar-refractivity contribution in [3.8, 4) is 0 Å². The molecule has 1 N–H and O–H groups in total. The van der Waals surface area contributed by atoms with Gasteiger partial charge in [-0.3, -0.25) is 19.6 Å². The number of rotatable bonds is 5. The Balaban J connectivity index is 1.48. The van der Waals surface area contributed by atoms with E-state index in [0.29, 0.717) is 5.02 Å². The summed E-state index contributed by atoms with van der Waals surface area (Å²) in [5.74, 6) is 0.0144. The highest BCUT2D eigenvalue weighted by molar-refractivity contribution is 6.30. The number of nitrogens with zero attached hydrogens (tertiary/aromatic N) is 3. The molecule has 0 radical (unpaired) electrons. The number of carbonyl (C=O) groups excluding carboxylic acids is 1. The summed E-state index contributed by atoms with van der Waals surface area (Å²) in [6.45, 7) is 6.45. The third-order valence-electron chi connectivity index (χ3n) is 4.56. The predicted molar refractivity (Wildman–Crippen MR) is 101 cm³/mol. The number of piperazine rings is 1. The minimum Gasteiger partial charge on any atom is -0.325 e. The van der Waals surface area contributed by atoms with Gasteiger partial charge in [0.1, 0.15) is 0 Å². The van der Waals surface area contributed by atoms with Gasteiger partial charge < -0.3 is 5.32 Å². The molecule has 1 fully saturated rings. The lowest BCUT2D eigenvalue weighted by Gasteiger charge is -2.37. The molecule has 25 heavy (non-hydrogen) atoms. The Morgan fingerprint density at radius 2 is 1.88 bits per heavy atom. The predicted octanol–water partition coefficient (Wildman–Crippen LogP) is 2.88. The molecule has 1 aromatic heterocycles. The summed E-state index contributed by atoms with van der Waals surface area (Å²) < 4.78 is 0. The van der Waals surface area contributed by atoms with Crippen LogP contribution in [-0.2, 0) is 11.3 Å². The molecule has 0 aliphatic carbocycles. The fourth-order valence-corrected chi connectivity index (χ4v) is 3.10. The van der Waals surface area contributed by atoms with Gasteiger partial charge in [0.2, 0.25) is 5.91 Å². The second-order valence-corrected chi connectivity index (χ2v) is 6.74. The van der Waals surface area contributed by atoms with Crippen LogP contribution in [0.2, 0.25) is 5.02 Å². The molecular formula is C19H23ClN4O. The summed E-state index contributed by atoms with van der Waals surface area (Å²) in [7, 11) is 0. The van der Waals surface area contributed by atoms with E-state index < -0.39 is 0 Å². The lowest BCUT2D eigenvalue weighted by molar-refractivity contribution is -0.121. The molecular weight excluding hydrogens is 336 g/mol. The third kappa shape index (κ3) is 5.01. The summed E-state index contributed by atoms with van der Waals surface area (Å²) in [6.07, 6.45) is 1.83. The van der Waals surface area contributed by atoms with E-state index in [1.54, 1.807) is 12.1 Å². The molecule has 132 valence electrons. The average Bonchev–Trinajstić information content (AvgIpc) is 2.64. The van der Waals surface area contributed by atoms with E-state index >= 15 is 0 Å². The fourth-order valence-electron chi connectivity index (χ4n) is 2.98. The highest BCUT2D eigenvalue weighted by Gasteiger charge is 2.25. The summed E-state index contributed by atoms with van der Waals surface area (Å²) in [4.78, 5) is 21.4. The van der Waals surface area contributed by atoms with Crippen molar-refractivity contribution in [1.82, 2.24) is 14.8 Å². The second kappa shape index (κ2) is 8.43. The van der Waals surface area contributed by atoms with Crippen LogP contribution >= 0.6 is 11.6 Å². The van der Waals surface area contributed by atoms with Crippen molar-refractivity contribution in [2.24, 2.45) is 0 Å². The van der Waals surface area contributed by atoms with Crippen LogP contribution in [0.25, 0.3) is 0 Å². The van der Waals surface area contributed by atoms with Gasteiger partial charge in [-0.15, -0.1) is 0 Å². The largest absolute Gasteiger partial charge is 0.325 e. The van der Waals surface area contributed by atoms with Crippen molar-refractivity contribution < 1.29 is 4.79 Å². The van der Waals surface area contributed by atoms with Gasteiger partial charge in [0.25, 0.3) is 0 Å². The Morgan fingerprint density at radius 3 is 2.52 bits per heavy atom. The van der Waals surface area contributed by atoms with E-state index in [0.717, 1.165) is 44.1 Å². The van der Waals surface area contributed by atoms with Gasteiger partial charge in [-0.2, -0.15) is 0 Å². The monoisotopic (exact) mass is 358 g/mol. The number of pyridine rings is 1. The molecule has 3 rings (SSSR count). The zero-order valence-electron chi connectivity index (χ0n) is 14.4. The molecule has 5 nitrogen and oxygen atoms in total. The van der Waals surface area contributed by atoms with Crippen LogP contribution < -0.4 is 5.32 Å². The summed E-state index contributed by atoms with van der Waals surface area (Å²) in [6, 6.07) is 13.0. The Kier molecular flexibility index (Phi) is 6.02. The van der Waals surface area contributed by atoms with Crippen molar-refractivity contribution in [3.63, 3.8) is 0 Å². The molecule has 0 spiro atoms. The van der Waals surface area contributed by atoms with Gasteiger partial charge >= 0.3 is 0 Å². The van der Waals surface area contributed by atoms with Crippen LogP contribution in [0.1, 0.15) is 12.6 Å². The molecule has 2 aromatic rings. The normalized spacial score (nSPS) is 17.2. The van der Waals surface area contributed by atoms with Crippen LogP contribution in [0.5, 0.6) is 0 Å². The lowest BCUT2D eigenvalue weighted by Crippen LogP contribution is -2.52. The van der Waals surface area contributed by atoms with Crippen LogP contribution in [0.3, 0.4) is 0 Å². The van der Waals surface area contributed by atoms with Crippen molar-refractivity contribution in [2.45, 2.75) is 19.5 Å². The third-order valence-corrected chi connectivity index (χ3v) is 4.81. The molecule has 1 aliphatic rings. The molecule has 1 amide bonds. The highest BCUT2D eigenvalue weighted by Crippen LogP contribution is 2.15. The van der Waals surface area contributed by atoms with E-state index in [-0.39, 0.29) is 11.9 Å². The van der Waals surface area contributed by atoms with Crippen LogP contribution in [-0.4, -0.2) is 52.9 Å². The number of hydrogen-bond donors (Lipinski definition) is 1. The maximum atomic E-state index is 12.5. The molecule has 1 saturated heterocycles. The Bertz CT molecular complexity index is 684. The van der Waals surface area contributed by atoms with Crippen molar-refractivity contribution in [2.75, 3.05) is 31.5 Å². The number of anilines is 1. The number of halogens is 1. The first kappa shape index (κ1) is 17.9. The quantitative estimate of drug-likeness (QED) is 0.892. The van der Waals surface area contributed by atoms with Crippen LogP contribution in [0.15, 0.2) is 48.7 Å². The summed E-state index contributed by atoms with van der Waals surface area (Å²) in [5, 5.41) is 3.62. The molecule has 1 aliphatic heterocycles. The number of nitrogens with one attached hydrogen (secondary N) is 1. The van der Waals surface area contributed by atoms with Crippen LogP contribution in [0.4, 0.5) is 5.69 Å². The zero-order chi connectivity index (χ0) is 17.6. The van der Waals surface area contributed by atoms with Crippen molar-refractivity contribution >= 4 is 23.2 Å². The molecule has 1 unspecified atom stereocenters. The van der Waals surface area contributed by atoms with Gasteiger partial charge in [-0.05, 0) is 43.3 Å². The SMILES string of the molecule is CC(C(=O)Nc1ccc(Cl)cc1)N1CCN(Cc2ccccn2)CC1. The average molecular weight is 359 g/mol. The van der Waals surface area contributed by atoms with E-state index in [1.165, 1.54) is 0 Å². The molecule has 2 heterocycles. The molecule has 6 heteroatoms. The first-order valence-corrected chi connectivity index (χ1v) is 8.92. The number of hydrogen-bond acceptors (Lipinski definition) is 4. The minimum absolute atomic E-state index is 0.0144. The Labute approximate surface area is 153 Å². The maximum Gasteiger partial charge on any atom is 0.241 e.